The molecule has 1 aliphatic carbocycles. The molecular weight excluding hydrogens is 411 g/mol. The highest BCUT2D eigenvalue weighted by Crippen LogP contribution is 2.32. The van der Waals surface area contributed by atoms with Crippen LogP contribution in [-0.2, 0) is 6.54 Å². The van der Waals surface area contributed by atoms with E-state index in [1.165, 1.54) is 12.1 Å². The lowest BCUT2D eigenvalue weighted by Gasteiger charge is -2.28. The standard InChI is InChI=1S/C25H28ClFN4/c26-24-16-30-25(31-21-9-7-17(14-28)8-10-21)13-23(24)19-4-2-6-22(12-19)29-15-18-3-1-5-20(27)11-18/h1-6,11-13,16-17,21,29H,7-10,14-15,28H2,(H,30,31). The molecule has 0 aliphatic heterocycles. The Labute approximate surface area is 188 Å². The maximum atomic E-state index is 13.4. The second kappa shape index (κ2) is 10.1. The number of nitrogens with one attached hydrogen (secondary N) is 2. The van der Waals surface area contributed by atoms with Crippen molar-refractivity contribution in [3.05, 3.63) is 77.2 Å². The topological polar surface area (TPSA) is 63.0 Å². The zero-order valence-corrected chi connectivity index (χ0v) is 18.2. The zero-order chi connectivity index (χ0) is 21.6. The monoisotopic (exact) mass is 438 g/mol. The highest BCUT2D eigenvalue weighted by atomic mass is 35.5. The molecule has 0 bridgehead atoms. The van der Waals surface area contributed by atoms with Gasteiger partial charge in [-0.25, -0.2) is 9.37 Å². The van der Waals surface area contributed by atoms with E-state index in [0.29, 0.717) is 23.5 Å². The third-order valence-electron chi connectivity index (χ3n) is 5.95. The first-order valence-corrected chi connectivity index (χ1v) is 11.2. The van der Waals surface area contributed by atoms with Crippen LogP contribution in [0.25, 0.3) is 11.1 Å². The van der Waals surface area contributed by atoms with E-state index in [2.05, 4.69) is 21.7 Å². The van der Waals surface area contributed by atoms with Crippen LogP contribution in [0.2, 0.25) is 5.02 Å². The van der Waals surface area contributed by atoms with Crippen LogP contribution >= 0.6 is 11.6 Å². The second-order valence-electron chi connectivity index (χ2n) is 8.21. The van der Waals surface area contributed by atoms with E-state index in [1.807, 2.05) is 30.3 Å². The Balaban J connectivity index is 1.46. The molecule has 0 amide bonds. The minimum Gasteiger partial charge on any atom is -0.381 e. The molecule has 1 aromatic heterocycles. The lowest BCUT2D eigenvalue weighted by Crippen LogP contribution is -2.29. The number of benzene rings is 2. The smallest absolute Gasteiger partial charge is 0.126 e. The van der Waals surface area contributed by atoms with Crippen molar-refractivity contribution in [2.24, 2.45) is 11.7 Å². The van der Waals surface area contributed by atoms with E-state index in [4.69, 9.17) is 17.3 Å². The van der Waals surface area contributed by atoms with Crippen LogP contribution < -0.4 is 16.4 Å². The highest BCUT2D eigenvalue weighted by Gasteiger charge is 2.20. The summed E-state index contributed by atoms with van der Waals surface area (Å²) in [6.07, 6.45) is 6.25. The Morgan fingerprint density at radius 1 is 1.03 bits per heavy atom. The van der Waals surface area contributed by atoms with Crippen LogP contribution in [0.3, 0.4) is 0 Å². The summed E-state index contributed by atoms with van der Waals surface area (Å²) in [6, 6.07) is 17.1. The molecule has 0 spiro atoms. The molecule has 0 unspecified atom stereocenters. The van der Waals surface area contributed by atoms with E-state index >= 15 is 0 Å². The minimum atomic E-state index is -0.229. The van der Waals surface area contributed by atoms with Crippen LogP contribution in [0.1, 0.15) is 31.2 Å². The van der Waals surface area contributed by atoms with Gasteiger partial charge < -0.3 is 16.4 Å². The number of aromatic nitrogens is 1. The van der Waals surface area contributed by atoms with E-state index in [0.717, 1.165) is 60.4 Å². The number of nitrogens with zero attached hydrogens (tertiary/aromatic N) is 1. The molecule has 2 aromatic carbocycles. The summed E-state index contributed by atoms with van der Waals surface area (Å²) in [5.74, 6) is 1.26. The minimum absolute atomic E-state index is 0.229. The normalized spacial score (nSPS) is 18.5. The molecule has 4 nitrogen and oxygen atoms in total. The molecule has 4 N–H and O–H groups in total. The Kier molecular flexibility index (Phi) is 7.05. The summed E-state index contributed by atoms with van der Waals surface area (Å²) in [5, 5.41) is 7.54. The fourth-order valence-corrected chi connectivity index (χ4v) is 4.35. The Hall–Kier alpha value is -2.63. The number of rotatable bonds is 7. The van der Waals surface area contributed by atoms with Gasteiger partial charge >= 0.3 is 0 Å². The molecule has 1 heterocycles. The van der Waals surface area contributed by atoms with Gasteiger partial charge in [0.1, 0.15) is 11.6 Å². The molecule has 1 fully saturated rings. The summed E-state index contributed by atoms with van der Waals surface area (Å²) in [5.41, 5.74) is 9.59. The number of hydrogen-bond donors (Lipinski definition) is 3. The highest BCUT2D eigenvalue weighted by molar-refractivity contribution is 6.33. The summed E-state index contributed by atoms with van der Waals surface area (Å²) >= 11 is 6.49. The first kappa shape index (κ1) is 21.6. The number of pyridine rings is 1. The molecule has 0 atom stereocenters. The average molecular weight is 439 g/mol. The van der Waals surface area contributed by atoms with Gasteiger partial charge in [0.2, 0.25) is 0 Å². The molecule has 0 radical (unpaired) electrons. The van der Waals surface area contributed by atoms with Crippen LogP contribution in [0.5, 0.6) is 0 Å². The van der Waals surface area contributed by atoms with Crippen molar-refractivity contribution < 1.29 is 4.39 Å². The van der Waals surface area contributed by atoms with E-state index in [9.17, 15) is 4.39 Å². The second-order valence-corrected chi connectivity index (χ2v) is 8.62. The number of nitrogens with two attached hydrogens (primary N) is 1. The van der Waals surface area contributed by atoms with Crippen LogP contribution in [-0.4, -0.2) is 17.6 Å². The molecule has 31 heavy (non-hydrogen) atoms. The van der Waals surface area contributed by atoms with Gasteiger partial charge in [0.05, 0.1) is 5.02 Å². The van der Waals surface area contributed by atoms with Crippen LogP contribution in [0.4, 0.5) is 15.9 Å². The van der Waals surface area contributed by atoms with Crippen molar-refractivity contribution in [3.8, 4) is 11.1 Å². The van der Waals surface area contributed by atoms with E-state index in [-0.39, 0.29) is 5.82 Å². The number of hydrogen-bond acceptors (Lipinski definition) is 4. The van der Waals surface area contributed by atoms with Crippen molar-refractivity contribution in [2.45, 2.75) is 38.3 Å². The fourth-order valence-electron chi connectivity index (χ4n) is 4.14. The van der Waals surface area contributed by atoms with E-state index in [1.54, 1.807) is 12.3 Å². The summed E-state index contributed by atoms with van der Waals surface area (Å²) in [4.78, 5) is 4.49. The Bertz CT molecular complexity index is 1020. The maximum Gasteiger partial charge on any atom is 0.126 e. The maximum absolute atomic E-state index is 13.4. The number of anilines is 2. The van der Waals surface area contributed by atoms with Gasteiger partial charge in [-0.3, -0.25) is 0 Å². The predicted octanol–water partition coefficient (Wildman–Crippen LogP) is 6.08. The third kappa shape index (κ3) is 5.75. The van der Waals surface area contributed by atoms with Gasteiger partial charge in [-0.2, -0.15) is 0 Å². The molecular formula is C25H28ClFN4. The van der Waals surface area contributed by atoms with E-state index < -0.39 is 0 Å². The fraction of sp³-hybridized carbons (Fsp3) is 0.320. The van der Waals surface area contributed by atoms with Crippen LogP contribution in [0.15, 0.2) is 60.8 Å². The molecule has 4 rings (SSSR count). The summed E-state index contributed by atoms with van der Waals surface area (Å²) in [7, 11) is 0. The lowest BCUT2D eigenvalue weighted by molar-refractivity contribution is 0.344. The van der Waals surface area contributed by atoms with Crippen molar-refractivity contribution in [2.75, 3.05) is 17.2 Å². The Morgan fingerprint density at radius 2 is 1.84 bits per heavy atom. The molecule has 3 aromatic rings. The van der Waals surface area contributed by atoms with Gasteiger partial charge in [0.15, 0.2) is 0 Å². The van der Waals surface area contributed by atoms with Crippen molar-refractivity contribution >= 4 is 23.1 Å². The van der Waals surface area contributed by atoms with Gasteiger partial charge in [0.25, 0.3) is 0 Å². The molecule has 1 aliphatic rings. The van der Waals surface area contributed by atoms with Crippen molar-refractivity contribution in [3.63, 3.8) is 0 Å². The Morgan fingerprint density at radius 3 is 2.61 bits per heavy atom. The predicted molar refractivity (Wildman–Crippen MR) is 127 cm³/mol. The molecule has 1 saturated carbocycles. The quantitative estimate of drug-likeness (QED) is 0.418. The zero-order valence-electron chi connectivity index (χ0n) is 17.5. The third-order valence-corrected chi connectivity index (χ3v) is 6.25. The first-order chi connectivity index (χ1) is 15.1. The number of halogens is 2. The first-order valence-electron chi connectivity index (χ1n) is 10.8. The molecule has 162 valence electrons. The van der Waals surface area contributed by atoms with Crippen molar-refractivity contribution in [1.29, 1.82) is 0 Å². The molecule has 6 heteroatoms. The average Bonchev–Trinajstić information content (AvgIpc) is 2.80. The van der Waals surface area contributed by atoms with Crippen molar-refractivity contribution in [1.82, 2.24) is 4.98 Å². The molecule has 0 saturated heterocycles. The largest absolute Gasteiger partial charge is 0.381 e. The SMILES string of the molecule is NCC1CCC(Nc2cc(-c3cccc(NCc4cccc(F)c4)c3)c(Cl)cn2)CC1. The van der Waals surface area contributed by atoms with Gasteiger partial charge in [-0.1, -0.05) is 35.9 Å². The van der Waals surface area contributed by atoms with Gasteiger partial charge in [-0.05, 0) is 79.6 Å². The summed E-state index contributed by atoms with van der Waals surface area (Å²) in [6.45, 7) is 1.32. The lowest BCUT2D eigenvalue weighted by atomic mass is 9.86. The van der Waals surface area contributed by atoms with Crippen LogP contribution in [0, 0.1) is 11.7 Å². The van der Waals surface area contributed by atoms with Gasteiger partial charge in [0, 0.05) is 30.0 Å². The summed E-state index contributed by atoms with van der Waals surface area (Å²) < 4.78 is 13.4. The van der Waals surface area contributed by atoms with Gasteiger partial charge in [-0.15, -0.1) is 0 Å².